The number of carbonyl (C=O) groups is 2. The fourth-order valence-electron chi connectivity index (χ4n) is 4.03. The van der Waals surface area contributed by atoms with E-state index in [2.05, 4.69) is 15.0 Å². The van der Waals surface area contributed by atoms with E-state index in [0.29, 0.717) is 22.2 Å². The minimum atomic E-state index is -1.82. The van der Waals surface area contributed by atoms with Gasteiger partial charge in [-0.15, -0.1) is 0 Å². The number of rotatable bonds is 6. The lowest BCUT2D eigenvalue weighted by molar-refractivity contribution is -0.178. The molecular weight excluding hydrogens is 448 g/mol. The molecule has 0 bridgehead atoms. The number of aliphatic carboxylic acids is 2. The molecule has 3 N–H and O–H groups in total. The number of pyridine rings is 1. The minimum Gasteiger partial charge on any atom is -0.480 e. The standard InChI is InChI=1S/C24H17F2N3O5/c25-14-3-5-18-19(8-14)29-21(28-18)16-4-1-12(7-17(16)26)13-2-6-20(27-11-13)34-15-9-24(10-15,22(30)31)23(32)33/h1-8,11,15H,9-10H2,(H,28,29)(H,30,31)(H,32,33). The van der Waals surface area contributed by atoms with E-state index < -0.39 is 35.1 Å². The van der Waals surface area contributed by atoms with Gasteiger partial charge in [0, 0.05) is 36.7 Å². The molecule has 0 unspecified atom stereocenters. The smallest absolute Gasteiger partial charge is 0.321 e. The largest absolute Gasteiger partial charge is 0.480 e. The van der Waals surface area contributed by atoms with Crippen LogP contribution in [0.2, 0.25) is 0 Å². The Bertz CT molecular complexity index is 1410. The number of nitrogens with zero attached hydrogens (tertiary/aromatic N) is 2. The summed E-state index contributed by atoms with van der Waals surface area (Å²) in [5.74, 6) is -3.23. The monoisotopic (exact) mass is 465 g/mol. The minimum absolute atomic E-state index is 0.151. The number of aromatic amines is 1. The summed E-state index contributed by atoms with van der Waals surface area (Å²) in [4.78, 5) is 33.9. The summed E-state index contributed by atoms with van der Waals surface area (Å²) in [7, 11) is 0. The van der Waals surface area contributed by atoms with E-state index in [-0.39, 0.29) is 30.1 Å². The molecule has 172 valence electrons. The molecule has 0 spiro atoms. The number of fused-ring (bicyclic) bond motifs is 1. The third-order valence-electron chi connectivity index (χ3n) is 6.00. The number of carboxylic acids is 2. The molecule has 1 fully saturated rings. The van der Waals surface area contributed by atoms with Crippen molar-refractivity contribution in [1.29, 1.82) is 0 Å². The summed E-state index contributed by atoms with van der Waals surface area (Å²) >= 11 is 0. The highest BCUT2D eigenvalue weighted by Gasteiger charge is 2.58. The first-order valence-corrected chi connectivity index (χ1v) is 10.3. The van der Waals surface area contributed by atoms with Crippen LogP contribution < -0.4 is 4.74 Å². The molecule has 0 saturated heterocycles. The van der Waals surface area contributed by atoms with E-state index >= 15 is 0 Å². The summed E-state index contributed by atoms with van der Waals surface area (Å²) in [6, 6.07) is 11.9. The number of halogens is 2. The molecule has 2 aromatic heterocycles. The van der Waals surface area contributed by atoms with Crippen LogP contribution in [-0.2, 0) is 9.59 Å². The molecule has 1 aliphatic carbocycles. The van der Waals surface area contributed by atoms with E-state index in [1.165, 1.54) is 30.5 Å². The van der Waals surface area contributed by atoms with Crippen LogP contribution >= 0.6 is 0 Å². The van der Waals surface area contributed by atoms with Gasteiger partial charge in [-0.05, 0) is 35.9 Å². The Morgan fingerprint density at radius 3 is 2.38 bits per heavy atom. The van der Waals surface area contributed by atoms with Crippen LogP contribution in [0.1, 0.15) is 12.8 Å². The van der Waals surface area contributed by atoms with E-state index in [1.807, 2.05) is 0 Å². The van der Waals surface area contributed by atoms with E-state index in [9.17, 15) is 18.4 Å². The molecule has 10 heteroatoms. The van der Waals surface area contributed by atoms with Crippen molar-refractivity contribution in [2.24, 2.45) is 5.41 Å². The lowest BCUT2D eigenvalue weighted by Crippen LogP contribution is -2.54. The molecule has 4 aromatic rings. The second-order valence-corrected chi connectivity index (χ2v) is 8.17. The summed E-state index contributed by atoms with van der Waals surface area (Å²) in [6.07, 6.45) is 0.609. The van der Waals surface area contributed by atoms with Crippen LogP contribution in [0.25, 0.3) is 33.5 Å². The van der Waals surface area contributed by atoms with Crippen LogP contribution in [-0.4, -0.2) is 43.2 Å². The number of ether oxygens (including phenoxy) is 1. The van der Waals surface area contributed by atoms with Crippen LogP contribution in [0.4, 0.5) is 8.78 Å². The van der Waals surface area contributed by atoms with Crippen molar-refractivity contribution < 1.29 is 33.3 Å². The topological polar surface area (TPSA) is 125 Å². The Labute approximate surface area is 190 Å². The summed E-state index contributed by atoms with van der Waals surface area (Å²) < 4.78 is 33.8. The Morgan fingerprint density at radius 1 is 1.00 bits per heavy atom. The van der Waals surface area contributed by atoms with E-state index in [1.54, 1.807) is 24.3 Å². The van der Waals surface area contributed by atoms with Crippen molar-refractivity contribution in [2.45, 2.75) is 18.9 Å². The van der Waals surface area contributed by atoms with Gasteiger partial charge in [-0.1, -0.05) is 6.07 Å². The number of carboxylic acid groups (broad SMARTS) is 2. The van der Waals surface area contributed by atoms with E-state index in [4.69, 9.17) is 14.9 Å². The highest BCUT2D eigenvalue weighted by atomic mass is 19.1. The third kappa shape index (κ3) is 3.62. The predicted molar refractivity (Wildman–Crippen MR) is 116 cm³/mol. The highest BCUT2D eigenvalue weighted by Crippen LogP contribution is 2.43. The number of hydrogen-bond acceptors (Lipinski definition) is 5. The average molecular weight is 465 g/mol. The Hall–Kier alpha value is -4.34. The maximum absolute atomic E-state index is 14.9. The predicted octanol–water partition coefficient (Wildman–Crippen LogP) is 4.27. The molecule has 2 heterocycles. The maximum atomic E-state index is 14.9. The Morgan fingerprint density at radius 2 is 1.74 bits per heavy atom. The molecule has 1 saturated carbocycles. The first-order valence-electron chi connectivity index (χ1n) is 10.3. The molecule has 5 rings (SSSR count). The summed E-state index contributed by atoms with van der Waals surface area (Å²) in [5, 5.41) is 18.3. The molecule has 0 amide bonds. The first-order chi connectivity index (χ1) is 16.2. The second-order valence-electron chi connectivity index (χ2n) is 8.17. The number of H-pyrrole nitrogens is 1. The number of benzene rings is 2. The number of hydrogen-bond donors (Lipinski definition) is 3. The van der Waals surface area contributed by atoms with Gasteiger partial charge in [0.1, 0.15) is 23.6 Å². The van der Waals surface area contributed by atoms with Gasteiger partial charge in [-0.2, -0.15) is 0 Å². The molecule has 34 heavy (non-hydrogen) atoms. The van der Waals surface area contributed by atoms with Gasteiger partial charge in [-0.25, -0.2) is 18.7 Å². The fraction of sp³-hybridized carbons (Fsp3) is 0.167. The van der Waals surface area contributed by atoms with Gasteiger partial charge in [0.25, 0.3) is 0 Å². The SMILES string of the molecule is O=C(O)C1(C(=O)O)CC(Oc2ccc(-c3ccc(-c4nc5cc(F)ccc5[nH]4)c(F)c3)cn2)C1. The molecule has 0 aliphatic heterocycles. The van der Waals surface area contributed by atoms with Gasteiger partial charge in [0.15, 0.2) is 5.41 Å². The third-order valence-corrected chi connectivity index (χ3v) is 6.00. The maximum Gasteiger partial charge on any atom is 0.321 e. The molecule has 2 aromatic carbocycles. The van der Waals surface area contributed by atoms with Gasteiger partial charge < -0.3 is 19.9 Å². The zero-order valence-electron chi connectivity index (χ0n) is 17.5. The van der Waals surface area contributed by atoms with Crippen molar-refractivity contribution >= 4 is 23.0 Å². The molecule has 8 nitrogen and oxygen atoms in total. The zero-order valence-corrected chi connectivity index (χ0v) is 17.5. The van der Waals surface area contributed by atoms with Crippen molar-refractivity contribution in [3.63, 3.8) is 0 Å². The van der Waals surface area contributed by atoms with Gasteiger partial charge in [0.05, 0.1) is 16.6 Å². The molecular formula is C24H17F2N3O5. The zero-order chi connectivity index (χ0) is 24.0. The van der Waals surface area contributed by atoms with E-state index in [0.717, 1.165) is 0 Å². The summed E-state index contributed by atoms with van der Waals surface area (Å²) in [5.41, 5.74) is 0.575. The van der Waals surface area contributed by atoms with Crippen molar-refractivity contribution in [1.82, 2.24) is 15.0 Å². The Balaban J connectivity index is 1.30. The van der Waals surface area contributed by atoms with Crippen LogP contribution in [0.3, 0.4) is 0 Å². The number of aromatic nitrogens is 3. The molecule has 0 radical (unpaired) electrons. The number of imidazole rings is 1. The first kappa shape index (κ1) is 21.5. The summed E-state index contributed by atoms with van der Waals surface area (Å²) in [6.45, 7) is 0. The van der Waals surface area contributed by atoms with Crippen molar-refractivity contribution in [2.75, 3.05) is 0 Å². The van der Waals surface area contributed by atoms with Crippen LogP contribution in [0.5, 0.6) is 5.88 Å². The average Bonchev–Trinajstić information content (AvgIpc) is 3.18. The van der Waals surface area contributed by atoms with Crippen LogP contribution in [0.15, 0.2) is 54.7 Å². The Kier molecular flexibility index (Phi) is 5.00. The second kappa shape index (κ2) is 7.91. The quantitative estimate of drug-likeness (QED) is 0.363. The normalized spacial score (nSPS) is 15.1. The van der Waals surface area contributed by atoms with Gasteiger partial charge in [-0.3, -0.25) is 9.59 Å². The van der Waals surface area contributed by atoms with Crippen molar-refractivity contribution in [3.05, 3.63) is 66.4 Å². The number of nitrogens with one attached hydrogen (secondary N) is 1. The van der Waals surface area contributed by atoms with Crippen molar-refractivity contribution in [3.8, 4) is 28.4 Å². The fourth-order valence-corrected chi connectivity index (χ4v) is 4.03. The highest BCUT2D eigenvalue weighted by molar-refractivity contribution is 5.99. The molecule has 1 aliphatic rings. The van der Waals surface area contributed by atoms with Crippen LogP contribution in [0, 0.1) is 17.0 Å². The lowest BCUT2D eigenvalue weighted by Gasteiger charge is -2.40. The molecule has 0 atom stereocenters. The van der Waals surface area contributed by atoms with Gasteiger partial charge >= 0.3 is 11.9 Å². The van der Waals surface area contributed by atoms with Gasteiger partial charge in [0.2, 0.25) is 5.88 Å². The lowest BCUT2D eigenvalue weighted by atomic mass is 9.66.